The Kier molecular flexibility index (Phi) is 3.53. The van der Waals surface area contributed by atoms with Crippen LogP contribution in [0.2, 0.25) is 5.02 Å². The van der Waals surface area contributed by atoms with E-state index in [1.165, 1.54) is 0 Å². The first-order valence-electron chi connectivity index (χ1n) is 6.69. The molecule has 1 aliphatic rings. The highest BCUT2D eigenvalue weighted by molar-refractivity contribution is 6.31. The predicted molar refractivity (Wildman–Crippen MR) is 77.2 cm³/mol. The summed E-state index contributed by atoms with van der Waals surface area (Å²) in [6.45, 7) is 2.44. The Morgan fingerprint density at radius 3 is 3.16 bits per heavy atom. The summed E-state index contributed by atoms with van der Waals surface area (Å²) in [4.78, 5) is 9.42. The average molecular weight is 277 g/mol. The van der Waals surface area contributed by atoms with Crippen LogP contribution in [0.15, 0.2) is 23.2 Å². The first kappa shape index (κ1) is 12.6. The maximum absolute atomic E-state index is 6.05. The molecule has 2 N–H and O–H groups in total. The molecular weight excluding hydrogens is 260 g/mol. The molecule has 1 aliphatic heterocycles. The topological polar surface area (TPSA) is 56.2 Å². The van der Waals surface area contributed by atoms with Gasteiger partial charge in [0.15, 0.2) is 0 Å². The summed E-state index contributed by atoms with van der Waals surface area (Å²) in [6, 6.07) is 5.82. The Labute approximate surface area is 116 Å². The first-order valence-corrected chi connectivity index (χ1v) is 7.07. The van der Waals surface area contributed by atoms with Crippen molar-refractivity contribution in [2.24, 2.45) is 10.7 Å². The Morgan fingerprint density at radius 1 is 1.42 bits per heavy atom. The minimum absolute atomic E-state index is 0.672. The molecule has 0 saturated heterocycles. The van der Waals surface area contributed by atoms with Crippen LogP contribution < -0.4 is 11.2 Å². The zero-order valence-corrected chi connectivity index (χ0v) is 11.5. The summed E-state index contributed by atoms with van der Waals surface area (Å²) in [5.74, 6) is 1.11. The van der Waals surface area contributed by atoms with Crippen LogP contribution in [0.25, 0.3) is 10.9 Å². The van der Waals surface area contributed by atoms with Gasteiger partial charge in [-0.3, -0.25) is 4.99 Å². The van der Waals surface area contributed by atoms with E-state index in [-0.39, 0.29) is 0 Å². The molecule has 1 aromatic carbocycles. The van der Waals surface area contributed by atoms with Crippen LogP contribution in [-0.2, 0) is 13.0 Å². The molecule has 100 valence electrons. The van der Waals surface area contributed by atoms with Crippen molar-refractivity contribution in [2.45, 2.75) is 25.8 Å². The van der Waals surface area contributed by atoms with Crippen LogP contribution in [0.4, 0.5) is 0 Å². The Bertz CT molecular complexity index is 675. The molecule has 0 saturated carbocycles. The van der Waals surface area contributed by atoms with Crippen molar-refractivity contribution < 1.29 is 0 Å². The molecule has 0 atom stereocenters. The monoisotopic (exact) mass is 276 g/mol. The number of nitrogens with two attached hydrogens (primary N) is 1. The van der Waals surface area contributed by atoms with Gasteiger partial charge in [0, 0.05) is 29.9 Å². The number of nitrogens with zero attached hydrogens (tertiary/aromatic N) is 3. The maximum atomic E-state index is 6.05. The van der Waals surface area contributed by atoms with Crippen molar-refractivity contribution in [3.8, 4) is 0 Å². The lowest BCUT2D eigenvalue weighted by Crippen LogP contribution is -2.23. The quantitative estimate of drug-likeness (QED) is 0.871. The van der Waals surface area contributed by atoms with Gasteiger partial charge in [0.2, 0.25) is 0 Å². The molecule has 0 amide bonds. The molecule has 2 aromatic rings. The van der Waals surface area contributed by atoms with Crippen LogP contribution in [0.1, 0.15) is 18.7 Å². The lowest BCUT2D eigenvalue weighted by molar-refractivity contribution is 0.690. The molecule has 0 bridgehead atoms. The standard InChI is InChI=1S/C14H17ClN4/c15-10-4-5-11-12(9-10)18-13-3-1-8-19(13)14(11)17-7-2-6-16/h4-5,9H,1-3,6-8,16H2. The van der Waals surface area contributed by atoms with Crippen molar-refractivity contribution in [1.82, 2.24) is 9.55 Å². The number of hydrogen-bond donors (Lipinski definition) is 1. The van der Waals surface area contributed by atoms with Gasteiger partial charge in [-0.15, -0.1) is 0 Å². The minimum atomic E-state index is 0.672. The smallest absolute Gasteiger partial charge is 0.138 e. The second kappa shape index (κ2) is 5.31. The average Bonchev–Trinajstić information content (AvgIpc) is 2.85. The number of fused-ring (bicyclic) bond motifs is 2. The molecule has 0 radical (unpaired) electrons. The van der Waals surface area contributed by atoms with E-state index in [1.54, 1.807) is 0 Å². The molecule has 0 aliphatic carbocycles. The number of benzene rings is 1. The van der Waals surface area contributed by atoms with Gasteiger partial charge in [-0.2, -0.15) is 0 Å². The normalized spacial score (nSPS) is 15.2. The fraction of sp³-hybridized carbons (Fsp3) is 0.429. The van der Waals surface area contributed by atoms with Gasteiger partial charge in [0.05, 0.1) is 5.52 Å². The predicted octanol–water partition coefficient (Wildman–Crippen LogP) is 1.89. The fourth-order valence-corrected chi connectivity index (χ4v) is 2.69. The molecule has 19 heavy (non-hydrogen) atoms. The Balaban J connectivity index is 2.24. The second-order valence-electron chi connectivity index (χ2n) is 4.79. The number of hydrogen-bond acceptors (Lipinski definition) is 3. The molecule has 0 fully saturated rings. The second-order valence-corrected chi connectivity index (χ2v) is 5.23. The number of rotatable bonds is 3. The summed E-state index contributed by atoms with van der Waals surface area (Å²) >= 11 is 6.05. The minimum Gasteiger partial charge on any atom is -0.330 e. The van der Waals surface area contributed by atoms with E-state index < -0.39 is 0 Å². The van der Waals surface area contributed by atoms with E-state index in [0.29, 0.717) is 6.54 Å². The van der Waals surface area contributed by atoms with Gasteiger partial charge in [-0.05, 0) is 37.6 Å². The van der Waals surface area contributed by atoms with Gasteiger partial charge in [0.1, 0.15) is 11.3 Å². The summed E-state index contributed by atoms with van der Waals surface area (Å²) in [7, 11) is 0. The van der Waals surface area contributed by atoms with Gasteiger partial charge in [0.25, 0.3) is 0 Å². The van der Waals surface area contributed by atoms with Crippen molar-refractivity contribution in [1.29, 1.82) is 0 Å². The van der Waals surface area contributed by atoms with Crippen molar-refractivity contribution in [3.05, 3.63) is 34.5 Å². The van der Waals surface area contributed by atoms with Gasteiger partial charge in [-0.1, -0.05) is 11.6 Å². The molecule has 1 aromatic heterocycles. The lowest BCUT2D eigenvalue weighted by Gasteiger charge is -2.08. The largest absolute Gasteiger partial charge is 0.330 e. The van der Waals surface area contributed by atoms with Crippen LogP contribution in [0.3, 0.4) is 0 Å². The van der Waals surface area contributed by atoms with E-state index in [1.807, 2.05) is 18.2 Å². The van der Waals surface area contributed by atoms with E-state index >= 15 is 0 Å². The highest BCUT2D eigenvalue weighted by Gasteiger charge is 2.14. The number of halogens is 1. The zero-order valence-electron chi connectivity index (χ0n) is 10.8. The molecule has 3 rings (SSSR count). The van der Waals surface area contributed by atoms with Crippen molar-refractivity contribution >= 4 is 22.5 Å². The van der Waals surface area contributed by atoms with E-state index in [9.17, 15) is 0 Å². The number of aromatic nitrogens is 2. The van der Waals surface area contributed by atoms with E-state index in [0.717, 1.165) is 59.6 Å². The van der Waals surface area contributed by atoms with Crippen LogP contribution in [0, 0.1) is 0 Å². The highest BCUT2D eigenvalue weighted by atomic mass is 35.5. The zero-order chi connectivity index (χ0) is 13.2. The summed E-state index contributed by atoms with van der Waals surface area (Å²) in [5.41, 5.74) is 7.51. The molecule has 0 spiro atoms. The van der Waals surface area contributed by atoms with E-state index in [2.05, 4.69) is 4.57 Å². The molecule has 5 heteroatoms. The first-order chi connectivity index (χ1) is 9.29. The number of aryl methyl sites for hydroxylation is 1. The van der Waals surface area contributed by atoms with Gasteiger partial charge >= 0.3 is 0 Å². The Morgan fingerprint density at radius 2 is 2.32 bits per heavy atom. The van der Waals surface area contributed by atoms with Crippen LogP contribution in [0.5, 0.6) is 0 Å². The molecular formula is C14H17ClN4. The van der Waals surface area contributed by atoms with Crippen molar-refractivity contribution in [3.63, 3.8) is 0 Å². The fourth-order valence-electron chi connectivity index (χ4n) is 2.52. The maximum Gasteiger partial charge on any atom is 0.138 e. The third kappa shape index (κ3) is 2.38. The summed E-state index contributed by atoms with van der Waals surface area (Å²) < 4.78 is 2.23. The van der Waals surface area contributed by atoms with Crippen LogP contribution in [-0.4, -0.2) is 22.6 Å². The van der Waals surface area contributed by atoms with Gasteiger partial charge < -0.3 is 10.3 Å². The SMILES string of the molecule is NCCCN=c1c2ccc(Cl)cc2nc2n1CCC2. The third-order valence-electron chi connectivity index (χ3n) is 3.42. The summed E-state index contributed by atoms with van der Waals surface area (Å²) in [6.07, 6.45) is 3.06. The lowest BCUT2D eigenvalue weighted by atomic mass is 10.2. The van der Waals surface area contributed by atoms with Crippen molar-refractivity contribution in [2.75, 3.05) is 13.1 Å². The van der Waals surface area contributed by atoms with E-state index in [4.69, 9.17) is 27.3 Å². The van der Waals surface area contributed by atoms with Crippen LogP contribution >= 0.6 is 11.6 Å². The summed E-state index contributed by atoms with van der Waals surface area (Å²) in [5, 5.41) is 1.79. The van der Waals surface area contributed by atoms with Gasteiger partial charge in [-0.25, -0.2) is 4.98 Å². The molecule has 2 heterocycles. The third-order valence-corrected chi connectivity index (χ3v) is 3.66. The molecule has 4 nitrogen and oxygen atoms in total. The highest BCUT2D eigenvalue weighted by Crippen LogP contribution is 2.18. The Hall–Kier alpha value is -1.39. The molecule has 0 unspecified atom stereocenters.